The van der Waals surface area contributed by atoms with Crippen LogP contribution < -0.4 is 0 Å². The Bertz CT molecular complexity index is 425. The SMILES string of the molecule is CCc1cc(S(=O)[O-])c(CC)c(CC)c1CC. The summed E-state index contributed by atoms with van der Waals surface area (Å²) in [4.78, 5) is 0.499. The number of hydrogen-bond acceptors (Lipinski definition) is 2. The Morgan fingerprint density at radius 2 is 1.47 bits per heavy atom. The molecule has 1 unspecified atom stereocenters. The van der Waals surface area contributed by atoms with E-state index in [9.17, 15) is 8.76 Å². The van der Waals surface area contributed by atoms with E-state index in [1.165, 1.54) is 16.7 Å². The first-order chi connectivity index (χ1) is 8.10. The molecule has 0 N–H and O–H groups in total. The predicted molar refractivity (Wildman–Crippen MR) is 71.1 cm³/mol. The van der Waals surface area contributed by atoms with Gasteiger partial charge in [-0.25, -0.2) is 0 Å². The van der Waals surface area contributed by atoms with Crippen LogP contribution in [0.5, 0.6) is 0 Å². The highest BCUT2D eigenvalue weighted by Crippen LogP contribution is 2.27. The van der Waals surface area contributed by atoms with Gasteiger partial charge < -0.3 is 4.55 Å². The van der Waals surface area contributed by atoms with E-state index in [-0.39, 0.29) is 0 Å². The molecule has 0 aromatic heterocycles. The van der Waals surface area contributed by atoms with E-state index in [0.717, 1.165) is 31.2 Å². The fraction of sp³-hybridized carbons (Fsp3) is 0.571. The highest BCUT2D eigenvalue weighted by Gasteiger charge is 2.14. The Kier molecular flexibility index (Phi) is 5.34. The van der Waals surface area contributed by atoms with Crippen molar-refractivity contribution in [3.63, 3.8) is 0 Å². The lowest BCUT2D eigenvalue weighted by atomic mass is 9.90. The number of hydrogen-bond donors (Lipinski definition) is 0. The number of rotatable bonds is 5. The quantitative estimate of drug-likeness (QED) is 0.756. The largest absolute Gasteiger partial charge is 0.768 e. The molecule has 0 spiro atoms. The Labute approximate surface area is 107 Å². The van der Waals surface area contributed by atoms with Crippen LogP contribution in [0, 0.1) is 0 Å². The second-order valence-corrected chi connectivity index (χ2v) is 5.03. The van der Waals surface area contributed by atoms with Crippen LogP contribution in [-0.2, 0) is 36.8 Å². The van der Waals surface area contributed by atoms with Crippen molar-refractivity contribution in [2.45, 2.75) is 58.3 Å². The Hall–Kier alpha value is -0.670. The lowest BCUT2D eigenvalue weighted by Gasteiger charge is -2.21. The summed E-state index contributed by atoms with van der Waals surface area (Å²) in [5.41, 5.74) is 4.78. The fourth-order valence-corrected chi connectivity index (χ4v) is 3.28. The first kappa shape index (κ1) is 14.4. The first-order valence-electron chi connectivity index (χ1n) is 6.36. The smallest absolute Gasteiger partial charge is 0.0286 e. The van der Waals surface area contributed by atoms with Gasteiger partial charge in [0.15, 0.2) is 0 Å². The molecule has 0 bridgehead atoms. The molecular weight excluding hydrogens is 232 g/mol. The van der Waals surface area contributed by atoms with Gasteiger partial charge in [-0.1, -0.05) is 27.7 Å². The number of aryl methyl sites for hydroxylation is 1. The van der Waals surface area contributed by atoms with Gasteiger partial charge >= 0.3 is 0 Å². The van der Waals surface area contributed by atoms with Crippen LogP contribution in [-0.4, -0.2) is 8.76 Å². The molecule has 1 atom stereocenters. The summed E-state index contributed by atoms with van der Waals surface area (Å²) < 4.78 is 22.6. The molecule has 1 rings (SSSR count). The minimum atomic E-state index is -2.12. The second kappa shape index (κ2) is 6.31. The second-order valence-electron chi connectivity index (χ2n) is 4.12. The summed E-state index contributed by atoms with van der Waals surface area (Å²) in [7, 11) is 0. The average molecular weight is 253 g/mol. The van der Waals surface area contributed by atoms with E-state index in [1.54, 1.807) is 0 Å². The summed E-state index contributed by atoms with van der Waals surface area (Å²) in [6, 6.07) is 1.86. The van der Waals surface area contributed by atoms with Gasteiger partial charge in [0.05, 0.1) is 0 Å². The van der Waals surface area contributed by atoms with Crippen LogP contribution in [0.25, 0.3) is 0 Å². The molecule has 0 saturated carbocycles. The van der Waals surface area contributed by atoms with Gasteiger partial charge in [0.1, 0.15) is 0 Å². The minimum Gasteiger partial charge on any atom is -0.768 e. The maximum atomic E-state index is 11.3. The Balaban J connectivity index is 3.60. The van der Waals surface area contributed by atoms with Crippen molar-refractivity contribution in [1.82, 2.24) is 0 Å². The van der Waals surface area contributed by atoms with E-state index in [2.05, 4.69) is 20.8 Å². The van der Waals surface area contributed by atoms with Crippen LogP contribution in [0.2, 0.25) is 0 Å². The van der Waals surface area contributed by atoms with Crippen LogP contribution in [0.3, 0.4) is 0 Å². The predicted octanol–water partition coefficient (Wildman–Crippen LogP) is 3.17. The summed E-state index contributed by atoms with van der Waals surface area (Å²) in [5, 5.41) is 0. The number of benzene rings is 1. The molecule has 0 heterocycles. The highest BCUT2D eigenvalue weighted by molar-refractivity contribution is 7.79. The summed E-state index contributed by atoms with van der Waals surface area (Å²) in [6.45, 7) is 8.35. The molecule has 0 fully saturated rings. The summed E-state index contributed by atoms with van der Waals surface area (Å²) in [6.07, 6.45) is 3.56. The van der Waals surface area contributed by atoms with Gasteiger partial charge in [0, 0.05) is 4.90 Å². The third-order valence-electron chi connectivity index (χ3n) is 3.34. The fourth-order valence-electron chi connectivity index (χ4n) is 2.58. The van der Waals surface area contributed by atoms with E-state index >= 15 is 0 Å². The standard InChI is InChI=1S/C14H22O2S/c1-5-10-9-14(17(15)16)13(8-4)12(7-3)11(10)6-2/h9H,5-8H2,1-4H3,(H,15,16)/p-1. The van der Waals surface area contributed by atoms with Crippen molar-refractivity contribution in [2.24, 2.45) is 0 Å². The average Bonchev–Trinajstić information content (AvgIpc) is 2.35. The first-order valence-corrected chi connectivity index (χ1v) is 7.43. The highest BCUT2D eigenvalue weighted by atomic mass is 32.2. The topological polar surface area (TPSA) is 40.1 Å². The molecule has 0 aliphatic carbocycles. The monoisotopic (exact) mass is 253 g/mol. The molecule has 1 aromatic carbocycles. The molecule has 17 heavy (non-hydrogen) atoms. The van der Waals surface area contributed by atoms with E-state index in [1.807, 2.05) is 13.0 Å². The Morgan fingerprint density at radius 3 is 1.82 bits per heavy atom. The normalized spacial score (nSPS) is 12.8. The van der Waals surface area contributed by atoms with Gasteiger partial charge in [-0.05, 0) is 65.1 Å². The van der Waals surface area contributed by atoms with Crippen LogP contribution >= 0.6 is 0 Å². The molecule has 3 heteroatoms. The van der Waals surface area contributed by atoms with Gasteiger partial charge in [-0.3, -0.25) is 4.21 Å². The molecule has 0 amide bonds. The van der Waals surface area contributed by atoms with Gasteiger partial charge in [-0.15, -0.1) is 0 Å². The zero-order chi connectivity index (χ0) is 13.0. The van der Waals surface area contributed by atoms with Crippen LogP contribution in [0.1, 0.15) is 49.9 Å². The van der Waals surface area contributed by atoms with Crippen molar-refractivity contribution in [1.29, 1.82) is 0 Å². The zero-order valence-corrected chi connectivity index (χ0v) is 11.9. The summed E-state index contributed by atoms with van der Waals surface area (Å²) >= 11 is -2.12. The van der Waals surface area contributed by atoms with Gasteiger partial charge in [0.2, 0.25) is 0 Å². The van der Waals surface area contributed by atoms with Gasteiger partial charge in [-0.2, -0.15) is 0 Å². The Morgan fingerprint density at radius 1 is 0.941 bits per heavy atom. The van der Waals surface area contributed by atoms with E-state index in [4.69, 9.17) is 0 Å². The maximum Gasteiger partial charge on any atom is 0.0286 e. The molecule has 0 saturated heterocycles. The van der Waals surface area contributed by atoms with Crippen molar-refractivity contribution in [3.05, 3.63) is 28.3 Å². The van der Waals surface area contributed by atoms with Crippen LogP contribution in [0.4, 0.5) is 0 Å². The molecule has 0 radical (unpaired) electrons. The third-order valence-corrected chi connectivity index (χ3v) is 4.06. The van der Waals surface area contributed by atoms with Crippen molar-refractivity contribution >= 4 is 11.1 Å². The van der Waals surface area contributed by atoms with E-state index in [0.29, 0.717) is 4.90 Å². The van der Waals surface area contributed by atoms with Crippen molar-refractivity contribution in [3.8, 4) is 0 Å². The van der Waals surface area contributed by atoms with Crippen molar-refractivity contribution in [2.75, 3.05) is 0 Å². The molecular formula is C14H21O2S-. The van der Waals surface area contributed by atoms with Crippen molar-refractivity contribution < 1.29 is 8.76 Å². The van der Waals surface area contributed by atoms with E-state index < -0.39 is 11.1 Å². The molecule has 0 aliphatic rings. The van der Waals surface area contributed by atoms with Crippen LogP contribution in [0.15, 0.2) is 11.0 Å². The zero-order valence-electron chi connectivity index (χ0n) is 11.1. The molecule has 0 aliphatic heterocycles. The molecule has 2 nitrogen and oxygen atoms in total. The maximum absolute atomic E-state index is 11.3. The molecule has 1 aromatic rings. The molecule has 96 valence electrons. The van der Waals surface area contributed by atoms with Gasteiger partial charge in [0.25, 0.3) is 0 Å². The lowest BCUT2D eigenvalue weighted by molar-refractivity contribution is 0.535. The lowest BCUT2D eigenvalue weighted by Crippen LogP contribution is -2.08. The third kappa shape index (κ3) is 2.78. The summed E-state index contributed by atoms with van der Waals surface area (Å²) in [5.74, 6) is 0. The minimum absolute atomic E-state index is 0.499.